The van der Waals surface area contributed by atoms with Crippen LogP contribution in [-0.4, -0.2) is 15.7 Å². The van der Waals surface area contributed by atoms with Crippen molar-refractivity contribution in [3.8, 4) is 0 Å². The third-order valence-electron chi connectivity index (χ3n) is 4.52. The van der Waals surface area contributed by atoms with E-state index in [0.29, 0.717) is 34.6 Å². The van der Waals surface area contributed by atoms with Crippen molar-refractivity contribution in [2.75, 3.05) is 0 Å². The van der Waals surface area contributed by atoms with E-state index in [9.17, 15) is 14.4 Å². The molecule has 6 nitrogen and oxygen atoms in total. The van der Waals surface area contributed by atoms with Crippen LogP contribution in [0.25, 0.3) is 32.4 Å². The Morgan fingerprint density at radius 3 is 2.42 bits per heavy atom. The second-order valence-corrected chi connectivity index (χ2v) is 5.85. The molecule has 4 aromatic rings. The van der Waals surface area contributed by atoms with Gasteiger partial charge in [0.15, 0.2) is 5.43 Å². The summed E-state index contributed by atoms with van der Waals surface area (Å²) >= 11 is 0. The molecule has 2 N–H and O–H groups in total. The number of carbonyl (C=O) groups is 1. The number of hydrogen-bond donors (Lipinski definition) is 2. The molecule has 6 heteroatoms. The van der Waals surface area contributed by atoms with Crippen LogP contribution in [-0.2, 0) is 11.3 Å². The van der Waals surface area contributed by atoms with E-state index in [0.717, 1.165) is 10.8 Å². The SMILES string of the molecule is O=C(CCCn1c(=O)c2cccc3c(=O)c4cccc1c4c32)NO. The Morgan fingerprint density at radius 2 is 1.67 bits per heavy atom. The zero-order chi connectivity index (χ0) is 16.8. The fourth-order valence-electron chi connectivity index (χ4n) is 3.48. The maximum atomic E-state index is 12.9. The maximum absolute atomic E-state index is 12.9. The molecule has 24 heavy (non-hydrogen) atoms. The number of hydrogen-bond acceptors (Lipinski definition) is 4. The lowest BCUT2D eigenvalue weighted by Gasteiger charge is -2.12. The van der Waals surface area contributed by atoms with Gasteiger partial charge in [0.1, 0.15) is 0 Å². The topological polar surface area (TPSA) is 88.4 Å². The van der Waals surface area contributed by atoms with Crippen molar-refractivity contribution in [2.24, 2.45) is 0 Å². The van der Waals surface area contributed by atoms with Gasteiger partial charge in [0.2, 0.25) is 5.91 Å². The van der Waals surface area contributed by atoms with E-state index in [2.05, 4.69) is 0 Å². The Morgan fingerprint density at radius 1 is 1.00 bits per heavy atom. The van der Waals surface area contributed by atoms with Crippen LogP contribution < -0.4 is 16.5 Å². The van der Waals surface area contributed by atoms with Gasteiger partial charge in [0.25, 0.3) is 5.56 Å². The first kappa shape index (κ1) is 14.6. The lowest BCUT2D eigenvalue weighted by molar-refractivity contribution is -0.129. The van der Waals surface area contributed by atoms with Crippen molar-refractivity contribution in [2.45, 2.75) is 19.4 Å². The van der Waals surface area contributed by atoms with Gasteiger partial charge in [0.05, 0.1) is 5.52 Å². The molecule has 0 radical (unpaired) electrons. The fourth-order valence-corrected chi connectivity index (χ4v) is 3.48. The summed E-state index contributed by atoms with van der Waals surface area (Å²) in [7, 11) is 0. The third-order valence-corrected chi connectivity index (χ3v) is 4.52. The Balaban J connectivity index is 2.00. The molecule has 4 rings (SSSR count). The van der Waals surface area contributed by atoms with Gasteiger partial charge < -0.3 is 4.57 Å². The van der Waals surface area contributed by atoms with Crippen LogP contribution in [0.2, 0.25) is 0 Å². The molecule has 0 fully saturated rings. The Labute approximate surface area is 135 Å². The first-order chi connectivity index (χ1) is 11.6. The molecule has 0 saturated carbocycles. The second kappa shape index (κ2) is 5.28. The summed E-state index contributed by atoms with van der Waals surface area (Å²) in [6.45, 7) is 0.334. The summed E-state index contributed by atoms with van der Waals surface area (Å²) in [6.07, 6.45) is 0.520. The number of aromatic nitrogens is 1. The van der Waals surface area contributed by atoms with E-state index >= 15 is 0 Å². The summed E-state index contributed by atoms with van der Waals surface area (Å²) in [6, 6.07) is 10.6. The quantitative estimate of drug-likeness (QED) is 0.341. The zero-order valence-electron chi connectivity index (χ0n) is 12.7. The summed E-state index contributed by atoms with van der Waals surface area (Å²) in [5, 5.41) is 11.8. The minimum absolute atomic E-state index is 0.0574. The number of carbonyl (C=O) groups excluding carboxylic acids is 1. The highest BCUT2D eigenvalue weighted by atomic mass is 16.5. The van der Waals surface area contributed by atoms with Crippen LogP contribution in [0.4, 0.5) is 0 Å². The van der Waals surface area contributed by atoms with Crippen LogP contribution in [0.5, 0.6) is 0 Å². The normalized spacial score (nSPS) is 11.7. The molecule has 0 saturated heterocycles. The summed E-state index contributed by atoms with van der Waals surface area (Å²) < 4.78 is 1.61. The molecule has 1 aromatic heterocycles. The van der Waals surface area contributed by atoms with Gasteiger partial charge in [0, 0.05) is 39.9 Å². The number of rotatable bonds is 4. The fraction of sp³-hybridized carbons (Fsp3) is 0.167. The van der Waals surface area contributed by atoms with E-state index in [-0.39, 0.29) is 17.4 Å². The number of amides is 1. The summed E-state index contributed by atoms with van der Waals surface area (Å²) in [4.78, 5) is 36.6. The molecule has 0 unspecified atom stereocenters. The molecule has 1 heterocycles. The molecule has 0 aliphatic rings. The van der Waals surface area contributed by atoms with Gasteiger partial charge in [-0.3, -0.25) is 19.6 Å². The van der Waals surface area contributed by atoms with Crippen molar-refractivity contribution in [1.29, 1.82) is 0 Å². The predicted octanol–water partition coefficient (Wildman–Crippen LogP) is 1.83. The lowest BCUT2D eigenvalue weighted by atomic mass is 10.1. The van der Waals surface area contributed by atoms with Gasteiger partial charge in [-0.15, -0.1) is 0 Å². The predicted molar refractivity (Wildman–Crippen MR) is 91.0 cm³/mol. The highest BCUT2D eigenvalue weighted by Crippen LogP contribution is 2.31. The Hall–Kier alpha value is -2.99. The van der Waals surface area contributed by atoms with E-state index in [1.807, 2.05) is 6.07 Å². The average molecular weight is 322 g/mol. The molecular weight excluding hydrogens is 308 g/mol. The smallest absolute Gasteiger partial charge is 0.258 e. The van der Waals surface area contributed by atoms with Gasteiger partial charge in [-0.05, 0) is 18.6 Å². The molecule has 0 atom stereocenters. The highest BCUT2D eigenvalue weighted by molar-refractivity contribution is 6.24. The molecule has 0 spiro atoms. The largest absolute Gasteiger partial charge is 0.308 e. The number of pyridine rings is 1. The molecule has 1 amide bonds. The number of aryl methyl sites for hydroxylation is 1. The lowest BCUT2D eigenvalue weighted by Crippen LogP contribution is -2.23. The first-order valence-electron chi connectivity index (χ1n) is 7.69. The zero-order valence-corrected chi connectivity index (χ0v) is 12.7. The van der Waals surface area contributed by atoms with E-state index < -0.39 is 5.91 Å². The minimum atomic E-state index is -0.490. The number of nitrogens with one attached hydrogen (secondary N) is 1. The van der Waals surface area contributed by atoms with Gasteiger partial charge in [-0.1, -0.05) is 24.3 Å². The molecule has 0 aliphatic heterocycles. The average Bonchev–Trinajstić information content (AvgIpc) is 2.91. The van der Waals surface area contributed by atoms with Crippen molar-refractivity contribution in [3.05, 3.63) is 57.0 Å². The molecule has 120 valence electrons. The van der Waals surface area contributed by atoms with Gasteiger partial charge >= 0.3 is 0 Å². The van der Waals surface area contributed by atoms with Crippen molar-refractivity contribution in [3.63, 3.8) is 0 Å². The highest BCUT2D eigenvalue weighted by Gasteiger charge is 2.19. The number of nitrogens with zero attached hydrogens (tertiary/aromatic N) is 1. The number of benzene rings is 2. The minimum Gasteiger partial charge on any atom is -0.308 e. The molecule has 3 aromatic carbocycles. The van der Waals surface area contributed by atoms with Crippen LogP contribution in [0, 0.1) is 0 Å². The molecule has 0 bridgehead atoms. The molecule has 0 aliphatic carbocycles. The van der Waals surface area contributed by atoms with Crippen molar-refractivity contribution < 1.29 is 10.0 Å². The van der Waals surface area contributed by atoms with Gasteiger partial charge in [-0.25, -0.2) is 5.48 Å². The second-order valence-electron chi connectivity index (χ2n) is 5.85. The first-order valence-corrected chi connectivity index (χ1v) is 7.69. The third kappa shape index (κ3) is 1.90. The van der Waals surface area contributed by atoms with Gasteiger partial charge in [-0.2, -0.15) is 0 Å². The Bertz CT molecular complexity index is 1180. The standard InChI is InChI=1S/C18H14N2O4/c21-14(19-24)8-3-9-20-13-7-2-5-11-16(13)15-10(17(11)22)4-1-6-12(15)18(20)23/h1-2,4-7,24H,3,8-9H2,(H,19,21). The van der Waals surface area contributed by atoms with Crippen molar-refractivity contribution >= 4 is 38.4 Å². The summed E-state index contributed by atoms with van der Waals surface area (Å²) in [5.41, 5.74) is 2.06. The monoisotopic (exact) mass is 322 g/mol. The van der Waals surface area contributed by atoms with E-state index in [1.165, 1.54) is 0 Å². The van der Waals surface area contributed by atoms with Crippen LogP contribution in [0.1, 0.15) is 12.8 Å². The van der Waals surface area contributed by atoms with Crippen molar-refractivity contribution in [1.82, 2.24) is 10.0 Å². The summed E-state index contributed by atoms with van der Waals surface area (Å²) in [5.74, 6) is -0.490. The number of hydroxylamine groups is 1. The van der Waals surface area contributed by atoms with Crippen LogP contribution in [0.3, 0.4) is 0 Å². The van der Waals surface area contributed by atoms with Crippen LogP contribution >= 0.6 is 0 Å². The van der Waals surface area contributed by atoms with Crippen LogP contribution in [0.15, 0.2) is 46.0 Å². The Kier molecular flexibility index (Phi) is 3.21. The van der Waals surface area contributed by atoms with E-state index in [1.54, 1.807) is 40.4 Å². The molecular formula is C18H14N2O4. The van der Waals surface area contributed by atoms with E-state index in [4.69, 9.17) is 5.21 Å². The maximum Gasteiger partial charge on any atom is 0.258 e.